The van der Waals surface area contributed by atoms with Crippen LogP contribution in [0.25, 0.3) is 5.52 Å². The van der Waals surface area contributed by atoms with Crippen LogP contribution in [-0.2, 0) is 0 Å². The molecule has 2 aromatic rings. The molecule has 2 rings (SSSR count). The van der Waals surface area contributed by atoms with E-state index in [0.29, 0.717) is 5.52 Å². The van der Waals surface area contributed by atoms with Gasteiger partial charge >= 0.3 is 0 Å². The molecule has 0 N–H and O–H groups in total. The van der Waals surface area contributed by atoms with Crippen LogP contribution in [0.1, 0.15) is 0 Å². The summed E-state index contributed by atoms with van der Waals surface area (Å²) >= 11 is 0. The first-order chi connectivity index (χ1) is 5.38. The van der Waals surface area contributed by atoms with Gasteiger partial charge in [0.25, 0.3) is 0 Å². The Hall–Kier alpha value is -1.71. The van der Waals surface area contributed by atoms with Crippen LogP contribution in [0, 0.1) is 0 Å². The zero-order valence-corrected chi connectivity index (χ0v) is 5.64. The lowest BCUT2D eigenvalue weighted by atomic mass is 10.5. The third-order valence-electron chi connectivity index (χ3n) is 1.45. The molecule has 0 fully saturated rings. The van der Waals surface area contributed by atoms with Crippen LogP contribution in [0.2, 0.25) is 0 Å². The van der Waals surface area contributed by atoms with Crippen LogP contribution < -0.4 is 5.43 Å². The van der Waals surface area contributed by atoms with Crippen molar-refractivity contribution < 1.29 is 0 Å². The van der Waals surface area contributed by atoms with Crippen LogP contribution in [-0.4, -0.2) is 14.6 Å². The zero-order chi connectivity index (χ0) is 7.68. The number of nitrogens with zero attached hydrogens (tertiary/aromatic N) is 3. The van der Waals surface area contributed by atoms with Gasteiger partial charge in [-0.3, -0.25) is 4.79 Å². The average molecular weight is 147 g/mol. The number of hydrogen-bond donors (Lipinski definition) is 0. The summed E-state index contributed by atoms with van der Waals surface area (Å²) < 4.78 is 1.63. The molecule has 0 aromatic carbocycles. The molecule has 0 bridgehead atoms. The van der Waals surface area contributed by atoms with E-state index in [1.807, 2.05) is 0 Å². The molecule has 0 radical (unpaired) electrons. The van der Waals surface area contributed by atoms with E-state index in [2.05, 4.69) is 10.2 Å². The Morgan fingerprint density at radius 2 is 2.27 bits per heavy atom. The minimum absolute atomic E-state index is 0.118. The van der Waals surface area contributed by atoms with Gasteiger partial charge in [-0.1, -0.05) is 0 Å². The van der Waals surface area contributed by atoms with Crippen molar-refractivity contribution in [2.24, 2.45) is 0 Å². The highest BCUT2D eigenvalue weighted by molar-refractivity contribution is 5.44. The van der Waals surface area contributed by atoms with E-state index in [4.69, 9.17) is 0 Å². The average Bonchev–Trinajstić information content (AvgIpc) is 2.40. The van der Waals surface area contributed by atoms with Crippen LogP contribution in [0.15, 0.2) is 35.6 Å². The Balaban J connectivity index is 3.09. The summed E-state index contributed by atoms with van der Waals surface area (Å²) in [5.41, 5.74) is 0.475. The van der Waals surface area contributed by atoms with Gasteiger partial charge in [0.15, 0.2) is 0 Å². The normalized spacial score (nSPS) is 10.2. The van der Waals surface area contributed by atoms with Crippen molar-refractivity contribution in [1.82, 2.24) is 14.6 Å². The molecule has 0 aliphatic heterocycles. The lowest BCUT2D eigenvalue weighted by Crippen LogP contribution is -1.96. The molecule has 11 heavy (non-hydrogen) atoms. The van der Waals surface area contributed by atoms with E-state index in [1.165, 1.54) is 12.5 Å². The highest BCUT2D eigenvalue weighted by Crippen LogP contribution is 1.92. The predicted octanol–water partition coefficient (Wildman–Crippen LogP) is 0.0895. The highest BCUT2D eigenvalue weighted by atomic mass is 16.1. The van der Waals surface area contributed by atoms with Gasteiger partial charge in [0, 0.05) is 6.20 Å². The van der Waals surface area contributed by atoms with Crippen molar-refractivity contribution in [3.8, 4) is 0 Å². The van der Waals surface area contributed by atoms with Gasteiger partial charge in [0.1, 0.15) is 6.33 Å². The molecular formula is C7H5N3O. The molecule has 0 atom stereocenters. The SMILES string of the molecule is O=c1cnncn2cccc12. The van der Waals surface area contributed by atoms with E-state index in [0.717, 1.165) is 0 Å². The summed E-state index contributed by atoms with van der Waals surface area (Å²) in [5.74, 6) is 0. The van der Waals surface area contributed by atoms with Crippen molar-refractivity contribution in [3.05, 3.63) is 41.1 Å². The van der Waals surface area contributed by atoms with Crippen LogP contribution in [0.5, 0.6) is 0 Å². The van der Waals surface area contributed by atoms with Crippen molar-refractivity contribution in [1.29, 1.82) is 0 Å². The zero-order valence-electron chi connectivity index (χ0n) is 5.64. The van der Waals surface area contributed by atoms with Crippen LogP contribution in [0.3, 0.4) is 0 Å². The van der Waals surface area contributed by atoms with Crippen molar-refractivity contribution in [3.63, 3.8) is 0 Å². The molecular weight excluding hydrogens is 142 g/mol. The Kier molecular flexibility index (Phi) is 1.18. The minimum atomic E-state index is -0.118. The number of hydrogen-bond acceptors (Lipinski definition) is 3. The second-order valence-electron chi connectivity index (χ2n) is 2.14. The Labute approximate surface area is 62.1 Å². The third-order valence-corrected chi connectivity index (χ3v) is 1.45. The summed E-state index contributed by atoms with van der Waals surface area (Å²) in [6.45, 7) is 0. The summed E-state index contributed by atoms with van der Waals surface area (Å²) in [6.07, 6.45) is 4.46. The van der Waals surface area contributed by atoms with Gasteiger partial charge in [-0.15, -0.1) is 5.10 Å². The van der Waals surface area contributed by atoms with E-state index >= 15 is 0 Å². The third kappa shape index (κ3) is 0.881. The minimum Gasteiger partial charge on any atom is -0.303 e. The monoisotopic (exact) mass is 147 g/mol. The van der Waals surface area contributed by atoms with Crippen molar-refractivity contribution >= 4 is 5.52 Å². The summed E-state index contributed by atoms with van der Waals surface area (Å²) in [4.78, 5) is 11.1. The highest BCUT2D eigenvalue weighted by Gasteiger charge is 1.92. The number of aromatic nitrogens is 3. The van der Waals surface area contributed by atoms with Crippen LogP contribution >= 0.6 is 0 Å². The maximum atomic E-state index is 11.1. The quantitative estimate of drug-likeness (QED) is 0.530. The lowest BCUT2D eigenvalue weighted by Gasteiger charge is -1.79. The Bertz CT molecular complexity index is 435. The second-order valence-corrected chi connectivity index (χ2v) is 2.14. The smallest absolute Gasteiger partial charge is 0.222 e. The second kappa shape index (κ2) is 2.16. The number of fused-ring (bicyclic) bond motifs is 1. The molecule has 0 amide bonds. The number of rotatable bonds is 0. The summed E-state index contributed by atoms with van der Waals surface area (Å²) in [6, 6.07) is 3.52. The molecule has 54 valence electrons. The van der Waals surface area contributed by atoms with E-state index in [1.54, 1.807) is 22.7 Å². The molecule has 4 nitrogen and oxygen atoms in total. The fourth-order valence-corrected chi connectivity index (χ4v) is 0.941. The van der Waals surface area contributed by atoms with E-state index in [-0.39, 0.29) is 5.43 Å². The van der Waals surface area contributed by atoms with Gasteiger partial charge in [0.2, 0.25) is 5.43 Å². The molecule has 2 aromatic heterocycles. The summed E-state index contributed by atoms with van der Waals surface area (Å²) in [5, 5.41) is 7.13. The molecule has 4 heteroatoms. The lowest BCUT2D eigenvalue weighted by molar-refractivity contribution is 0.993. The van der Waals surface area contributed by atoms with Gasteiger partial charge in [-0.25, -0.2) is 0 Å². The van der Waals surface area contributed by atoms with Gasteiger partial charge in [-0.05, 0) is 12.1 Å². The largest absolute Gasteiger partial charge is 0.303 e. The first-order valence-electron chi connectivity index (χ1n) is 3.15. The van der Waals surface area contributed by atoms with Crippen molar-refractivity contribution in [2.75, 3.05) is 0 Å². The molecule has 2 heterocycles. The van der Waals surface area contributed by atoms with Crippen molar-refractivity contribution in [2.45, 2.75) is 0 Å². The predicted molar refractivity (Wildman–Crippen MR) is 39.3 cm³/mol. The van der Waals surface area contributed by atoms with Gasteiger partial charge in [0.05, 0.1) is 11.7 Å². The summed E-state index contributed by atoms with van der Waals surface area (Å²) in [7, 11) is 0. The molecule has 0 saturated heterocycles. The Morgan fingerprint density at radius 1 is 1.36 bits per heavy atom. The maximum Gasteiger partial charge on any atom is 0.222 e. The molecule has 0 saturated carbocycles. The fourth-order valence-electron chi connectivity index (χ4n) is 0.941. The molecule has 0 unspecified atom stereocenters. The first-order valence-corrected chi connectivity index (χ1v) is 3.15. The first kappa shape index (κ1) is 6.03. The fraction of sp³-hybridized carbons (Fsp3) is 0. The van der Waals surface area contributed by atoms with Gasteiger partial charge in [-0.2, -0.15) is 5.10 Å². The molecule has 0 spiro atoms. The van der Waals surface area contributed by atoms with Gasteiger partial charge < -0.3 is 4.40 Å². The standard InChI is InChI=1S/C7H5N3O/c11-7-4-8-9-5-10-3-1-2-6(7)10/h1-5H. The molecule has 0 aliphatic rings. The Morgan fingerprint density at radius 3 is 3.18 bits per heavy atom. The van der Waals surface area contributed by atoms with E-state index < -0.39 is 0 Å². The van der Waals surface area contributed by atoms with E-state index in [9.17, 15) is 4.79 Å². The van der Waals surface area contributed by atoms with Crippen LogP contribution in [0.4, 0.5) is 0 Å². The topological polar surface area (TPSA) is 47.3 Å². The molecule has 0 aliphatic carbocycles. The maximum absolute atomic E-state index is 11.1.